The molecular weight excluding hydrogens is 328 g/mol. The number of thiocarbonyl (C=S) groups is 1. The van der Waals surface area contributed by atoms with E-state index in [-0.39, 0.29) is 0 Å². The van der Waals surface area contributed by atoms with Gasteiger partial charge in [-0.3, -0.25) is 0 Å². The minimum Gasteiger partial charge on any atom is -0.495 e. The predicted octanol–water partition coefficient (Wildman–Crippen LogP) is 5.31. The number of fused-ring (bicyclic) bond motifs is 1. The van der Waals surface area contributed by atoms with Crippen LogP contribution in [-0.2, 0) is 0 Å². The van der Waals surface area contributed by atoms with Gasteiger partial charge in [0, 0.05) is 16.8 Å². The van der Waals surface area contributed by atoms with Crippen LogP contribution in [0.1, 0.15) is 0 Å². The molecule has 3 nitrogen and oxygen atoms in total. The van der Waals surface area contributed by atoms with E-state index in [1.54, 1.807) is 19.2 Å². The molecule has 0 aromatic heterocycles. The molecule has 0 aliphatic carbocycles. The molecule has 0 saturated heterocycles. The predicted molar refractivity (Wildman–Crippen MR) is 102 cm³/mol. The second kappa shape index (κ2) is 6.86. The second-order valence-electron chi connectivity index (χ2n) is 4.96. The minimum atomic E-state index is 0.502. The molecule has 0 aliphatic rings. The molecule has 0 radical (unpaired) electrons. The third-order valence-electron chi connectivity index (χ3n) is 3.45. The van der Waals surface area contributed by atoms with Gasteiger partial charge in [-0.1, -0.05) is 48.0 Å². The Balaban J connectivity index is 1.77. The summed E-state index contributed by atoms with van der Waals surface area (Å²) < 4.78 is 5.14. The molecule has 116 valence electrons. The Morgan fingerprint density at radius 3 is 2.57 bits per heavy atom. The zero-order valence-corrected chi connectivity index (χ0v) is 14.0. The van der Waals surface area contributed by atoms with E-state index >= 15 is 0 Å². The number of nitrogens with one attached hydrogen (secondary N) is 2. The van der Waals surface area contributed by atoms with Crippen molar-refractivity contribution in [3.05, 3.63) is 65.7 Å². The van der Waals surface area contributed by atoms with Crippen LogP contribution < -0.4 is 15.4 Å². The van der Waals surface area contributed by atoms with Gasteiger partial charge in [-0.15, -0.1) is 0 Å². The molecule has 3 aromatic carbocycles. The van der Waals surface area contributed by atoms with Crippen LogP contribution >= 0.6 is 23.8 Å². The van der Waals surface area contributed by atoms with E-state index < -0.39 is 0 Å². The van der Waals surface area contributed by atoms with E-state index in [1.165, 1.54) is 0 Å². The number of benzene rings is 3. The molecule has 0 amide bonds. The summed E-state index contributed by atoms with van der Waals surface area (Å²) in [5.41, 5.74) is 1.76. The van der Waals surface area contributed by atoms with Gasteiger partial charge in [-0.2, -0.15) is 0 Å². The lowest BCUT2D eigenvalue weighted by Gasteiger charge is -2.13. The fraction of sp³-hybridized carbons (Fsp3) is 0.0556. The molecule has 0 heterocycles. The fourth-order valence-electron chi connectivity index (χ4n) is 2.36. The van der Waals surface area contributed by atoms with Crippen molar-refractivity contribution in [3.63, 3.8) is 0 Å². The van der Waals surface area contributed by atoms with Crippen LogP contribution in [0.15, 0.2) is 60.7 Å². The first-order valence-corrected chi connectivity index (χ1v) is 7.85. The smallest absolute Gasteiger partial charge is 0.175 e. The highest BCUT2D eigenvalue weighted by Gasteiger charge is 2.05. The SMILES string of the molecule is COc1ccc(NC(=S)Nc2cccc3ccccc23)cc1Cl. The van der Waals surface area contributed by atoms with Crippen LogP contribution in [0.5, 0.6) is 5.75 Å². The van der Waals surface area contributed by atoms with Gasteiger partial charge in [0.2, 0.25) is 0 Å². The number of hydrogen-bond donors (Lipinski definition) is 2. The van der Waals surface area contributed by atoms with Crippen LogP contribution in [0.25, 0.3) is 10.8 Å². The van der Waals surface area contributed by atoms with Crippen molar-refractivity contribution in [2.45, 2.75) is 0 Å². The monoisotopic (exact) mass is 342 g/mol. The van der Waals surface area contributed by atoms with Gasteiger partial charge in [0.15, 0.2) is 5.11 Å². The first-order chi connectivity index (χ1) is 11.2. The van der Waals surface area contributed by atoms with Crippen LogP contribution in [0.4, 0.5) is 11.4 Å². The highest BCUT2D eigenvalue weighted by molar-refractivity contribution is 7.80. The van der Waals surface area contributed by atoms with E-state index in [9.17, 15) is 0 Å². The van der Waals surface area contributed by atoms with Gasteiger partial charge in [-0.05, 0) is 41.9 Å². The average Bonchev–Trinajstić information content (AvgIpc) is 2.55. The number of halogens is 1. The van der Waals surface area contributed by atoms with Crippen molar-refractivity contribution < 1.29 is 4.74 Å². The van der Waals surface area contributed by atoms with E-state index in [0.29, 0.717) is 15.9 Å². The van der Waals surface area contributed by atoms with Crippen molar-refractivity contribution in [3.8, 4) is 5.75 Å². The lowest BCUT2D eigenvalue weighted by molar-refractivity contribution is 0.415. The summed E-state index contributed by atoms with van der Waals surface area (Å²) in [4.78, 5) is 0. The largest absolute Gasteiger partial charge is 0.495 e. The lowest BCUT2D eigenvalue weighted by Crippen LogP contribution is -2.19. The number of methoxy groups -OCH3 is 1. The van der Waals surface area contributed by atoms with Gasteiger partial charge in [-0.25, -0.2) is 0 Å². The Bertz CT molecular complexity index is 861. The average molecular weight is 343 g/mol. The Kier molecular flexibility index (Phi) is 4.65. The van der Waals surface area contributed by atoms with Gasteiger partial charge in [0.05, 0.1) is 12.1 Å². The quantitative estimate of drug-likeness (QED) is 0.632. The van der Waals surface area contributed by atoms with E-state index in [2.05, 4.69) is 28.8 Å². The minimum absolute atomic E-state index is 0.502. The van der Waals surface area contributed by atoms with Crippen molar-refractivity contribution >= 4 is 51.1 Å². The molecule has 23 heavy (non-hydrogen) atoms. The maximum atomic E-state index is 6.12. The van der Waals surface area contributed by atoms with Crippen LogP contribution in [0, 0.1) is 0 Å². The molecule has 0 spiro atoms. The van der Waals surface area contributed by atoms with E-state index in [0.717, 1.165) is 22.1 Å². The number of ether oxygens (including phenoxy) is 1. The maximum absolute atomic E-state index is 6.12. The molecule has 3 rings (SSSR count). The summed E-state index contributed by atoms with van der Waals surface area (Å²) >= 11 is 11.5. The molecule has 2 N–H and O–H groups in total. The maximum Gasteiger partial charge on any atom is 0.175 e. The molecule has 0 fully saturated rings. The molecule has 3 aromatic rings. The van der Waals surface area contributed by atoms with E-state index in [1.807, 2.05) is 30.3 Å². The van der Waals surface area contributed by atoms with Gasteiger partial charge >= 0.3 is 0 Å². The Morgan fingerprint density at radius 1 is 1.00 bits per heavy atom. The third-order valence-corrected chi connectivity index (χ3v) is 3.95. The number of anilines is 2. The third kappa shape index (κ3) is 3.55. The summed E-state index contributed by atoms with van der Waals surface area (Å²) in [6.45, 7) is 0. The number of hydrogen-bond acceptors (Lipinski definition) is 2. The Morgan fingerprint density at radius 2 is 1.78 bits per heavy atom. The Labute approximate surface area is 145 Å². The summed E-state index contributed by atoms with van der Waals surface area (Å²) in [7, 11) is 1.58. The molecule has 0 bridgehead atoms. The van der Waals surface area contributed by atoms with Crippen molar-refractivity contribution in [2.24, 2.45) is 0 Å². The summed E-state index contributed by atoms with van der Waals surface area (Å²) in [6, 6.07) is 19.7. The number of rotatable bonds is 3. The lowest BCUT2D eigenvalue weighted by atomic mass is 10.1. The highest BCUT2D eigenvalue weighted by Crippen LogP contribution is 2.27. The Hall–Kier alpha value is -2.30. The molecule has 0 unspecified atom stereocenters. The zero-order valence-electron chi connectivity index (χ0n) is 12.5. The summed E-state index contributed by atoms with van der Waals surface area (Å²) in [6.07, 6.45) is 0. The van der Waals surface area contributed by atoms with Gasteiger partial charge in [0.1, 0.15) is 5.75 Å². The second-order valence-corrected chi connectivity index (χ2v) is 5.77. The first-order valence-electron chi connectivity index (χ1n) is 7.06. The van der Waals surface area contributed by atoms with Crippen molar-refractivity contribution in [1.82, 2.24) is 0 Å². The summed E-state index contributed by atoms with van der Waals surface area (Å²) in [5.74, 6) is 0.630. The van der Waals surface area contributed by atoms with Gasteiger partial charge in [0.25, 0.3) is 0 Å². The highest BCUT2D eigenvalue weighted by atomic mass is 35.5. The van der Waals surface area contributed by atoms with E-state index in [4.69, 9.17) is 28.6 Å². The first kappa shape index (κ1) is 15.6. The molecule has 0 saturated carbocycles. The normalized spacial score (nSPS) is 10.3. The summed E-state index contributed by atoms with van der Waals surface area (Å²) in [5, 5.41) is 9.67. The van der Waals surface area contributed by atoms with Crippen LogP contribution in [0.2, 0.25) is 5.02 Å². The van der Waals surface area contributed by atoms with Crippen LogP contribution in [-0.4, -0.2) is 12.2 Å². The molecule has 0 aliphatic heterocycles. The fourth-order valence-corrected chi connectivity index (χ4v) is 2.85. The zero-order chi connectivity index (χ0) is 16.2. The van der Waals surface area contributed by atoms with Gasteiger partial charge < -0.3 is 15.4 Å². The van der Waals surface area contributed by atoms with Crippen molar-refractivity contribution in [2.75, 3.05) is 17.7 Å². The van der Waals surface area contributed by atoms with Crippen molar-refractivity contribution in [1.29, 1.82) is 0 Å². The standard InChI is InChI=1S/C18H15ClN2OS/c1-22-17-10-9-13(11-15(17)19)20-18(23)21-16-8-4-6-12-5-2-3-7-14(12)16/h2-11H,1H3,(H2,20,21,23). The topological polar surface area (TPSA) is 33.3 Å². The molecular formula is C18H15ClN2OS. The molecule has 0 atom stereocenters. The van der Waals surface area contributed by atoms with Crippen LogP contribution in [0.3, 0.4) is 0 Å². The molecule has 5 heteroatoms.